The summed E-state index contributed by atoms with van der Waals surface area (Å²) in [6, 6.07) is 12.8. The van der Waals surface area contributed by atoms with E-state index < -0.39 is 0 Å². The van der Waals surface area contributed by atoms with E-state index in [1.807, 2.05) is 68.9 Å². The third-order valence-electron chi connectivity index (χ3n) is 3.75. The van der Waals surface area contributed by atoms with Crippen molar-refractivity contribution in [2.45, 2.75) is 33.8 Å². The maximum absolute atomic E-state index is 14.0. The normalized spacial score (nSPS) is 11.1. The standard InChI is InChI=1S/C20H21FN2O/c1-13(2)24-19-10-17(9-18(21)12-19)16-6-5-14(3)20(11-16)23-8-7-15(4)22-23/h5-13H,1-4H3. The lowest BCUT2D eigenvalue weighted by atomic mass is 10.0. The van der Waals surface area contributed by atoms with Gasteiger partial charge in [-0.3, -0.25) is 0 Å². The lowest BCUT2D eigenvalue weighted by Gasteiger charge is -2.13. The van der Waals surface area contributed by atoms with E-state index in [-0.39, 0.29) is 11.9 Å². The van der Waals surface area contributed by atoms with Crippen molar-refractivity contribution >= 4 is 0 Å². The Bertz CT molecular complexity index is 868. The van der Waals surface area contributed by atoms with Gasteiger partial charge in [-0.2, -0.15) is 5.10 Å². The van der Waals surface area contributed by atoms with E-state index in [1.54, 1.807) is 0 Å². The number of aryl methyl sites for hydroxylation is 2. The average Bonchev–Trinajstić information content (AvgIpc) is 2.92. The molecule has 3 aromatic rings. The number of nitrogens with zero attached hydrogens (tertiary/aromatic N) is 2. The minimum atomic E-state index is -0.305. The Balaban J connectivity index is 2.05. The highest BCUT2D eigenvalue weighted by Gasteiger charge is 2.09. The fourth-order valence-electron chi connectivity index (χ4n) is 2.65. The number of benzene rings is 2. The molecule has 0 unspecified atom stereocenters. The van der Waals surface area contributed by atoms with Gasteiger partial charge in [-0.15, -0.1) is 0 Å². The van der Waals surface area contributed by atoms with Gasteiger partial charge in [0.1, 0.15) is 11.6 Å². The zero-order chi connectivity index (χ0) is 17.3. The van der Waals surface area contributed by atoms with Gasteiger partial charge in [0.2, 0.25) is 0 Å². The Morgan fingerprint density at radius 3 is 2.46 bits per heavy atom. The average molecular weight is 324 g/mol. The van der Waals surface area contributed by atoms with Gasteiger partial charge in [0.25, 0.3) is 0 Å². The zero-order valence-corrected chi connectivity index (χ0v) is 14.4. The summed E-state index contributed by atoms with van der Waals surface area (Å²) in [5.41, 5.74) is 4.76. The minimum Gasteiger partial charge on any atom is -0.491 e. The number of hydrogen-bond acceptors (Lipinski definition) is 2. The highest BCUT2D eigenvalue weighted by Crippen LogP contribution is 2.29. The van der Waals surface area contributed by atoms with Crippen LogP contribution in [0.2, 0.25) is 0 Å². The molecule has 1 aromatic heterocycles. The minimum absolute atomic E-state index is 0.000258. The first-order valence-electron chi connectivity index (χ1n) is 8.03. The predicted octanol–water partition coefficient (Wildman–Crippen LogP) is 5.08. The van der Waals surface area contributed by atoms with Crippen molar-refractivity contribution in [1.82, 2.24) is 9.78 Å². The molecule has 3 nitrogen and oxygen atoms in total. The number of rotatable bonds is 4. The molecule has 0 bridgehead atoms. The molecule has 0 aliphatic heterocycles. The van der Waals surface area contributed by atoms with E-state index in [0.29, 0.717) is 5.75 Å². The van der Waals surface area contributed by atoms with Gasteiger partial charge in [0.05, 0.1) is 17.5 Å². The maximum Gasteiger partial charge on any atom is 0.127 e. The third-order valence-corrected chi connectivity index (χ3v) is 3.75. The molecule has 0 aliphatic rings. The highest BCUT2D eigenvalue weighted by atomic mass is 19.1. The van der Waals surface area contributed by atoms with Crippen LogP contribution in [0.4, 0.5) is 4.39 Å². The van der Waals surface area contributed by atoms with Crippen molar-refractivity contribution in [3.63, 3.8) is 0 Å². The molecule has 4 heteroatoms. The highest BCUT2D eigenvalue weighted by molar-refractivity contribution is 5.68. The van der Waals surface area contributed by atoms with Crippen LogP contribution < -0.4 is 4.74 Å². The van der Waals surface area contributed by atoms with Gasteiger partial charge in [0.15, 0.2) is 0 Å². The molecule has 1 heterocycles. The van der Waals surface area contributed by atoms with Crippen LogP contribution in [0.25, 0.3) is 16.8 Å². The van der Waals surface area contributed by atoms with Crippen molar-refractivity contribution < 1.29 is 9.13 Å². The summed E-state index contributed by atoms with van der Waals surface area (Å²) in [5.74, 6) is 0.234. The number of halogens is 1. The van der Waals surface area contributed by atoms with Crippen molar-refractivity contribution in [3.8, 4) is 22.6 Å². The van der Waals surface area contributed by atoms with Gasteiger partial charge < -0.3 is 4.74 Å². The maximum atomic E-state index is 14.0. The van der Waals surface area contributed by atoms with Gasteiger partial charge >= 0.3 is 0 Å². The van der Waals surface area contributed by atoms with Crippen LogP contribution in [-0.2, 0) is 0 Å². The summed E-state index contributed by atoms with van der Waals surface area (Å²) in [6.07, 6.45) is 1.93. The second-order valence-electron chi connectivity index (χ2n) is 6.25. The fourth-order valence-corrected chi connectivity index (χ4v) is 2.65. The molecule has 0 saturated carbocycles. The first-order chi connectivity index (χ1) is 11.4. The molecular weight excluding hydrogens is 303 g/mol. The fraction of sp³-hybridized carbons (Fsp3) is 0.250. The Morgan fingerprint density at radius 2 is 1.79 bits per heavy atom. The molecule has 3 rings (SSSR count). The quantitative estimate of drug-likeness (QED) is 0.669. The van der Waals surface area contributed by atoms with Crippen molar-refractivity contribution in [3.05, 3.63) is 65.7 Å². The Hall–Kier alpha value is -2.62. The molecule has 24 heavy (non-hydrogen) atoms. The largest absolute Gasteiger partial charge is 0.491 e. The van der Waals surface area contributed by atoms with Crippen LogP contribution in [0.5, 0.6) is 5.75 Å². The van der Waals surface area contributed by atoms with Crippen LogP contribution in [0.15, 0.2) is 48.7 Å². The van der Waals surface area contributed by atoms with Crippen molar-refractivity contribution in [2.24, 2.45) is 0 Å². The SMILES string of the molecule is Cc1ccn(-c2cc(-c3cc(F)cc(OC(C)C)c3)ccc2C)n1. The molecule has 0 saturated heterocycles. The van der Waals surface area contributed by atoms with Gasteiger partial charge in [-0.1, -0.05) is 12.1 Å². The van der Waals surface area contributed by atoms with Crippen LogP contribution >= 0.6 is 0 Å². The molecule has 2 aromatic carbocycles. The zero-order valence-electron chi connectivity index (χ0n) is 14.4. The first-order valence-corrected chi connectivity index (χ1v) is 8.03. The second-order valence-corrected chi connectivity index (χ2v) is 6.25. The molecule has 0 aliphatic carbocycles. The Morgan fingerprint density at radius 1 is 1.00 bits per heavy atom. The summed E-state index contributed by atoms with van der Waals surface area (Å²) in [4.78, 5) is 0. The number of ether oxygens (including phenoxy) is 1. The summed E-state index contributed by atoms with van der Waals surface area (Å²) in [6.45, 7) is 7.84. The first kappa shape index (κ1) is 16.2. The predicted molar refractivity (Wildman–Crippen MR) is 94.2 cm³/mol. The monoisotopic (exact) mass is 324 g/mol. The molecule has 0 spiro atoms. The van der Waals surface area contributed by atoms with E-state index in [4.69, 9.17) is 4.74 Å². The molecule has 0 amide bonds. The molecule has 0 atom stereocenters. The lowest BCUT2D eigenvalue weighted by molar-refractivity contribution is 0.241. The molecule has 0 fully saturated rings. The molecular formula is C20H21FN2O. The summed E-state index contributed by atoms with van der Waals surface area (Å²) >= 11 is 0. The Kier molecular flexibility index (Phi) is 4.38. The summed E-state index contributed by atoms with van der Waals surface area (Å²) in [5, 5.41) is 4.47. The lowest BCUT2D eigenvalue weighted by Crippen LogP contribution is -2.05. The molecule has 0 N–H and O–H groups in total. The van der Waals surface area contributed by atoms with Crippen molar-refractivity contribution in [2.75, 3.05) is 0 Å². The smallest absolute Gasteiger partial charge is 0.127 e. The summed E-state index contributed by atoms with van der Waals surface area (Å²) < 4.78 is 21.5. The van der Waals surface area contributed by atoms with Gasteiger partial charge in [-0.05, 0) is 68.7 Å². The van der Waals surface area contributed by atoms with E-state index in [1.165, 1.54) is 12.1 Å². The summed E-state index contributed by atoms with van der Waals surface area (Å²) in [7, 11) is 0. The second kappa shape index (κ2) is 6.48. The van der Waals surface area contributed by atoms with Crippen LogP contribution in [0.1, 0.15) is 25.1 Å². The van der Waals surface area contributed by atoms with Crippen LogP contribution in [0.3, 0.4) is 0 Å². The van der Waals surface area contributed by atoms with E-state index in [9.17, 15) is 4.39 Å². The van der Waals surface area contributed by atoms with E-state index in [2.05, 4.69) is 5.10 Å². The van der Waals surface area contributed by atoms with E-state index >= 15 is 0 Å². The molecule has 0 radical (unpaired) electrons. The molecule has 124 valence electrons. The van der Waals surface area contributed by atoms with Crippen LogP contribution in [-0.4, -0.2) is 15.9 Å². The third kappa shape index (κ3) is 3.48. The van der Waals surface area contributed by atoms with Crippen LogP contribution in [0, 0.1) is 19.7 Å². The van der Waals surface area contributed by atoms with E-state index in [0.717, 1.165) is 28.1 Å². The number of hydrogen-bond donors (Lipinski definition) is 0. The number of aromatic nitrogens is 2. The topological polar surface area (TPSA) is 27.1 Å². The van der Waals surface area contributed by atoms with Crippen molar-refractivity contribution in [1.29, 1.82) is 0 Å². The Labute approximate surface area is 141 Å². The van der Waals surface area contributed by atoms with Gasteiger partial charge in [0, 0.05) is 12.3 Å². The van der Waals surface area contributed by atoms with Gasteiger partial charge in [-0.25, -0.2) is 9.07 Å².